The van der Waals surface area contributed by atoms with Gasteiger partial charge in [0.2, 0.25) is 5.91 Å². The predicted octanol–water partition coefficient (Wildman–Crippen LogP) is 3.76. The molecule has 0 aliphatic carbocycles. The molecule has 1 amide bonds. The lowest BCUT2D eigenvalue weighted by molar-refractivity contribution is -0.135. The van der Waals surface area contributed by atoms with Gasteiger partial charge in [0, 0.05) is 36.9 Å². The molecule has 1 fully saturated rings. The Labute approximate surface area is 208 Å². The van der Waals surface area contributed by atoms with Gasteiger partial charge in [-0.25, -0.2) is 9.36 Å². The fourth-order valence-electron chi connectivity index (χ4n) is 4.76. The molecule has 180 valence electrons. The normalized spacial score (nSPS) is 15.0. The molecule has 0 N–H and O–H groups in total. The van der Waals surface area contributed by atoms with Crippen LogP contribution in [0.3, 0.4) is 0 Å². The van der Waals surface area contributed by atoms with Gasteiger partial charge in [-0.15, -0.1) is 0 Å². The third-order valence-corrected chi connectivity index (χ3v) is 6.87. The number of halogens is 1. The Morgan fingerprint density at radius 1 is 0.943 bits per heavy atom. The van der Waals surface area contributed by atoms with E-state index in [1.54, 1.807) is 16.5 Å². The number of rotatable bonds is 4. The van der Waals surface area contributed by atoms with Crippen molar-refractivity contribution < 1.29 is 4.79 Å². The highest BCUT2D eigenvalue weighted by molar-refractivity contribution is 6.30. The number of aromatic nitrogens is 4. The zero-order valence-corrected chi connectivity index (χ0v) is 20.7. The quantitative estimate of drug-likeness (QED) is 0.435. The van der Waals surface area contributed by atoms with Crippen LogP contribution in [0.1, 0.15) is 24.4 Å². The highest BCUT2D eigenvalue weighted by Gasteiger charge is 2.29. The van der Waals surface area contributed by atoms with Gasteiger partial charge in [0.05, 0.1) is 22.5 Å². The summed E-state index contributed by atoms with van der Waals surface area (Å²) >= 11 is 6.13. The number of benzene rings is 2. The van der Waals surface area contributed by atoms with Gasteiger partial charge in [-0.1, -0.05) is 35.9 Å². The van der Waals surface area contributed by atoms with Crippen LogP contribution in [0, 0.1) is 13.8 Å². The third-order valence-electron chi connectivity index (χ3n) is 6.64. The van der Waals surface area contributed by atoms with Gasteiger partial charge in [-0.3, -0.25) is 9.59 Å². The van der Waals surface area contributed by atoms with E-state index in [1.165, 1.54) is 4.68 Å². The number of hydrogen-bond donors (Lipinski definition) is 0. The first-order valence-corrected chi connectivity index (χ1v) is 12.1. The zero-order valence-electron chi connectivity index (χ0n) is 20.0. The minimum atomic E-state index is -0.731. The summed E-state index contributed by atoms with van der Waals surface area (Å²) in [6.07, 6.45) is 0. The molecule has 4 aromatic rings. The molecule has 1 aliphatic rings. The second-order valence-electron chi connectivity index (χ2n) is 8.86. The van der Waals surface area contributed by atoms with Crippen molar-refractivity contribution in [3.63, 3.8) is 0 Å². The Hall–Kier alpha value is -3.65. The Morgan fingerprint density at radius 3 is 2.31 bits per heavy atom. The van der Waals surface area contributed by atoms with Crippen LogP contribution in [-0.2, 0) is 4.79 Å². The fourth-order valence-corrected chi connectivity index (χ4v) is 4.94. The van der Waals surface area contributed by atoms with E-state index in [1.807, 2.05) is 68.4 Å². The summed E-state index contributed by atoms with van der Waals surface area (Å²) in [5.74, 6) is -0.122. The van der Waals surface area contributed by atoms with Crippen LogP contribution < -0.4 is 10.5 Å². The summed E-state index contributed by atoms with van der Waals surface area (Å²) in [6.45, 7) is 8.02. The highest BCUT2D eigenvalue weighted by atomic mass is 35.5. The van der Waals surface area contributed by atoms with Crippen molar-refractivity contribution in [3.8, 4) is 5.69 Å². The molecule has 1 unspecified atom stereocenters. The number of para-hydroxylation sites is 1. The highest BCUT2D eigenvalue weighted by Crippen LogP contribution is 2.23. The minimum absolute atomic E-state index is 0.122. The van der Waals surface area contributed by atoms with Crippen molar-refractivity contribution in [1.82, 2.24) is 24.5 Å². The van der Waals surface area contributed by atoms with E-state index in [-0.39, 0.29) is 11.5 Å². The maximum atomic E-state index is 13.4. The average Bonchev–Trinajstić information content (AvgIpc) is 3.24. The molecule has 5 rings (SSSR count). The largest absolute Gasteiger partial charge is 0.368 e. The standard InChI is InChI=1S/C26H27ClN6O2/c1-17-23-18(2)32(21-9-5-4-6-10-21)29-24(23)26(35)33(28-17)19(3)25(34)31-14-12-30(13-15-31)22-11-7-8-20(27)16-22/h4-11,16,19H,12-15H2,1-3H3. The number of carbonyl (C=O) groups excluding carboxylic acids is 1. The number of piperazine rings is 1. The number of anilines is 1. The summed E-state index contributed by atoms with van der Waals surface area (Å²) in [5, 5.41) is 10.6. The molecule has 1 atom stereocenters. The van der Waals surface area contributed by atoms with Gasteiger partial charge in [-0.05, 0) is 51.1 Å². The van der Waals surface area contributed by atoms with Crippen molar-refractivity contribution in [2.45, 2.75) is 26.8 Å². The van der Waals surface area contributed by atoms with Crippen molar-refractivity contribution in [2.24, 2.45) is 0 Å². The molecule has 35 heavy (non-hydrogen) atoms. The lowest BCUT2D eigenvalue weighted by atomic mass is 10.2. The number of aryl methyl sites for hydroxylation is 2. The average molecular weight is 491 g/mol. The summed E-state index contributed by atoms with van der Waals surface area (Å²) < 4.78 is 3.04. The molecule has 3 heterocycles. The van der Waals surface area contributed by atoms with Gasteiger partial charge in [-0.2, -0.15) is 10.2 Å². The molecule has 9 heteroatoms. The Morgan fingerprint density at radius 2 is 1.63 bits per heavy atom. The van der Waals surface area contributed by atoms with Crippen LogP contribution in [0.2, 0.25) is 5.02 Å². The van der Waals surface area contributed by atoms with E-state index in [0.29, 0.717) is 42.4 Å². The third kappa shape index (κ3) is 4.18. The Kier molecular flexibility index (Phi) is 6.06. The van der Waals surface area contributed by atoms with Crippen molar-refractivity contribution in [1.29, 1.82) is 0 Å². The first-order valence-electron chi connectivity index (χ1n) is 11.7. The maximum absolute atomic E-state index is 13.4. The molecule has 0 saturated carbocycles. The number of carbonyl (C=O) groups is 1. The summed E-state index contributed by atoms with van der Waals surface area (Å²) in [6, 6.07) is 16.7. The first-order chi connectivity index (χ1) is 16.8. The molecule has 0 radical (unpaired) electrons. The number of hydrogen-bond acceptors (Lipinski definition) is 5. The van der Waals surface area contributed by atoms with Crippen LogP contribution in [0.15, 0.2) is 59.4 Å². The van der Waals surface area contributed by atoms with Crippen molar-refractivity contribution in [3.05, 3.63) is 81.4 Å². The van der Waals surface area contributed by atoms with Gasteiger partial charge in [0.15, 0.2) is 5.52 Å². The number of fused-ring (bicyclic) bond motifs is 1. The summed E-state index contributed by atoms with van der Waals surface area (Å²) in [7, 11) is 0. The molecule has 2 aromatic carbocycles. The van der Waals surface area contributed by atoms with E-state index in [0.717, 1.165) is 22.5 Å². The van der Waals surface area contributed by atoms with Gasteiger partial charge >= 0.3 is 0 Å². The van der Waals surface area contributed by atoms with Crippen molar-refractivity contribution >= 4 is 34.1 Å². The maximum Gasteiger partial charge on any atom is 0.295 e. The van der Waals surface area contributed by atoms with Crippen LogP contribution >= 0.6 is 11.6 Å². The van der Waals surface area contributed by atoms with E-state index < -0.39 is 6.04 Å². The summed E-state index contributed by atoms with van der Waals surface area (Å²) in [5.41, 5.74) is 3.39. The molecule has 1 saturated heterocycles. The van der Waals surface area contributed by atoms with Crippen LogP contribution in [-0.4, -0.2) is 56.5 Å². The topological polar surface area (TPSA) is 76.3 Å². The van der Waals surface area contributed by atoms with E-state index in [9.17, 15) is 9.59 Å². The van der Waals surface area contributed by atoms with Crippen LogP contribution in [0.4, 0.5) is 5.69 Å². The molecule has 8 nitrogen and oxygen atoms in total. The fraction of sp³-hybridized carbons (Fsp3) is 0.308. The molecular formula is C26H27ClN6O2. The molecule has 0 bridgehead atoms. The van der Waals surface area contributed by atoms with Gasteiger partial charge in [0.25, 0.3) is 5.56 Å². The molecule has 1 aliphatic heterocycles. The second-order valence-corrected chi connectivity index (χ2v) is 9.30. The first kappa shape index (κ1) is 23.1. The lowest BCUT2D eigenvalue weighted by Gasteiger charge is -2.37. The minimum Gasteiger partial charge on any atom is -0.368 e. The Balaban J connectivity index is 1.40. The lowest BCUT2D eigenvalue weighted by Crippen LogP contribution is -2.51. The van der Waals surface area contributed by atoms with Gasteiger partial charge < -0.3 is 9.80 Å². The van der Waals surface area contributed by atoms with E-state index in [2.05, 4.69) is 15.1 Å². The number of amides is 1. The van der Waals surface area contributed by atoms with Crippen LogP contribution in [0.25, 0.3) is 16.6 Å². The van der Waals surface area contributed by atoms with E-state index >= 15 is 0 Å². The van der Waals surface area contributed by atoms with Crippen molar-refractivity contribution in [2.75, 3.05) is 31.1 Å². The summed E-state index contributed by atoms with van der Waals surface area (Å²) in [4.78, 5) is 30.8. The SMILES string of the molecule is Cc1nn(C(C)C(=O)N2CCN(c3cccc(Cl)c3)CC2)c(=O)c2nn(-c3ccccc3)c(C)c12. The predicted molar refractivity (Wildman–Crippen MR) is 138 cm³/mol. The molecule has 0 spiro atoms. The number of nitrogens with zero attached hydrogens (tertiary/aromatic N) is 6. The smallest absolute Gasteiger partial charge is 0.295 e. The molecule has 2 aromatic heterocycles. The van der Waals surface area contributed by atoms with Crippen LogP contribution in [0.5, 0.6) is 0 Å². The van der Waals surface area contributed by atoms with E-state index in [4.69, 9.17) is 11.6 Å². The second kappa shape index (κ2) is 9.19. The Bertz CT molecular complexity index is 1450. The zero-order chi connectivity index (χ0) is 24.7. The molecular weight excluding hydrogens is 464 g/mol. The van der Waals surface area contributed by atoms with Gasteiger partial charge in [0.1, 0.15) is 6.04 Å². The monoisotopic (exact) mass is 490 g/mol.